The maximum absolute atomic E-state index is 12.3. The third kappa shape index (κ3) is 3.13. The first-order chi connectivity index (χ1) is 9.93. The Bertz CT molecular complexity index is 686. The predicted molar refractivity (Wildman–Crippen MR) is 84.3 cm³/mol. The first kappa shape index (κ1) is 15.3. The van der Waals surface area contributed by atoms with Crippen LogP contribution in [0.1, 0.15) is 36.7 Å². The molecule has 2 rings (SSSR count). The third-order valence-electron chi connectivity index (χ3n) is 3.32. The molecule has 0 aliphatic carbocycles. The predicted octanol–water partition coefficient (Wildman–Crippen LogP) is 3.71. The van der Waals surface area contributed by atoms with Crippen molar-refractivity contribution in [2.75, 3.05) is 12.4 Å². The molecule has 1 N–H and O–H groups in total. The molecule has 1 heterocycles. The van der Waals surface area contributed by atoms with Crippen molar-refractivity contribution in [2.45, 2.75) is 20.8 Å². The summed E-state index contributed by atoms with van der Waals surface area (Å²) >= 11 is 1.38. The fourth-order valence-corrected chi connectivity index (χ4v) is 2.99. The van der Waals surface area contributed by atoms with Crippen LogP contribution in [0.2, 0.25) is 0 Å². The summed E-state index contributed by atoms with van der Waals surface area (Å²) in [6, 6.07) is 7.27. The quantitative estimate of drug-likeness (QED) is 0.879. The van der Waals surface area contributed by atoms with Gasteiger partial charge in [-0.15, -0.1) is 11.3 Å². The van der Waals surface area contributed by atoms with Crippen LogP contribution in [0.25, 0.3) is 0 Å². The van der Waals surface area contributed by atoms with Gasteiger partial charge in [0.25, 0.3) is 5.91 Å². The van der Waals surface area contributed by atoms with Gasteiger partial charge in [-0.2, -0.15) is 0 Å². The van der Waals surface area contributed by atoms with Crippen LogP contribution in [0.4, 0.5) is 5.00 Å². The Morgan fingerprint density at radius 3 is 2.29 bits per heavy atom. The van der Waals surface area contributed by atoms with Crippen LogP contribution < -0.4 is 5.32 Å². The highest BCUT2D eigenvalue weighted by molar-refractivity contribution is 7.16. The average Bonchev–Trinajstić information content (AvgIpc) is 2.73. The molecule has 0 saturated heterocycles. The molecule has 1 amide bonds. The van der Waals surface area contributed by atoms with Gasteiger partial charge in [0.2, 0.25) is 0 Å². The first-order valence-corrected chi connectivity index (χ1v) is 7.32. The molecular weight excluding hydrogens is 286 g/mol. The molecule has 0 spiro atoms. The minimum atomic E-state index is -0.434. The Kier molecular flexibility index (Phi) is 4.43. The Morgan fingerprint density at radius 1 is 1.10 bits per heavy atom. The number of hydrogen-bond donors (Lipinski definition) is 1. The lowest BCUT2D eigenvalue weighted by Crippen LogP contribution is -2.14. The van der Waals surface area contributed by atoms with E-state index in [0.717, 1.165) is 16.0 Å². The van der Waals surface area contributed by atoms with Crippen molar-refractivity contribution in [2.24, 2.45) is 0 Å². The van der Waals surface area contributed by atoms with Crippen molar-refractivity contribution in [1.29, 1.82) is 0 Å². The SMILES string of the molecule is COC(=O)c1c(NC(=O)c2ccc(C)cc2)sc(C)c1C. The van der Waals surface area contributed by atoms with Crippen molar-refractivity contribution in [3.05, 3.63) is 51.4 Å². The molecule has 0 radical (unpaired) electrons. The number of rotatable bonds is 3. The lowest BCUT2D eigenvalue weighted by atomic mass is 10.1. The van der Waals surface area contributed by atoms with Gasteiger partial charge < -0.3 is 10.1 Å². The van der Waals surface area contributed by atoms with Crippen LogP contribution in [-0.4, -0.2) is 19.0 Å². The van der Waals surface area contributed by atoms with Crippen LogP contribution in [-0.2, 0) is 4.74 Å². The second-order valence-electron chi connectivity index (χ2n) is 4.80. The first-order valence-electron chi connectivity index (χ1n) is 6.50. The van der Waals surface area contributed by atoms with Crippen LogP contribution >= 0.6 is 11.3 Å². The zero-order chi connectivity index (χ0) is 15.6. The van der Waals surface area contributed by atoms with Gasteiger partial charge >= 0.3 is 5.97 Å². The second kappa shape index (κ2) is 6.10. The number of anilines is 1. The fraction of sp³-hybridized carbons (Fsp3) is 0.250. The molecule has 0 bridgehead atoms. The second-order valence-corrected chi connectivity index (χ2v) is 6.02. The van der Waals surface area contributed by atoms with E-state index in [0.29, 0.717) is 16.1 Å². The van der Waals surface area contributed by atoms with Gasteiger partial charge in [-0.25, -0.2) is 4.79 Å². The summed E-state index contributed by atoms with van der Waals surface area (Å²) in [4.78, 5) is 25.1. The number of carbonyl (C=O) groups is 2. The number of ether oxygens (including phenoxy) is 1. The molecule has 5 heteroatoms. The van der Waals surface area contributed by atoms with Gasteiger partial charge in [0.05, 0.1) is 12.7 Å². The van der Waals surface area contributed by atoms with E-state index in [-0.39, 0.29) is 5.91 Å². The summed E-state index contributed by atoms with van der Waals surface area (Å²) in [6.07, 6.45) is 0. The van der Waals surface area contributed by atoms with Crippen LogP contribution in [0.15, 0.2) is 24.3 Å². The molecule has 0 atom stereocenters. The van der Waals surface area contributed by atoms with Crippen LogP contribution in [0.5, 0.6) is 0 Å². The molecule has 0 aliphatic heterocycles. The number of carbonyl (C=O) groups excluding carboxylic acids is 2. The molecule has 110 valence electrons. The summed E-state index contributed by atoms with van der Waals surface area (Å²) in [7, 11) is 1.33. The molecule has 4 nitrogen and oxygen atoms in total. The van der Waals surface area contributed by atoms with Gasteiger partial charge in [0, 0.05) is 10.4 Å². The van der Waals surface area contributed by atoms with E-state index in [2.05, 4.69) is 5.32 Å². The molecule has 1 aromatic carbocycles. The molecule has 2 aromatic rings. The van der Waals surface area contributed by atoms with Gasteiger partial charge in [-0.1, -0.05) is 17.7 Å². The Labute approximate surface area is 127 Å². The van der Waals surface area contributed by atoms with E-state index < -0.39 is 5.97 Å². The highest BCUT2D eigenvalue weighted by Crippen LogP contribution is 2.33. The maximum Gasteiger partial charge on any atom is 0.341 e. The molecule has 0 aliphatic rings. The summed E-state index contributed by atoms with van der Waals surface area (Å²) in [5.41, 5.74) is 2.91. The van der Waals surface area contributed by atoms with E-state index in [1.54, 1.807) is 12.1 Å². The molecule has 0 fully saturated rings. The summed E-state index contributed by atoms with van der Waals surface area (Å²) < 4.78 is 4.79. The molecule has 0 saturated carbocycles. The zero-order valence-corrected chi connectivity index (χ0v) is 13.3. The number of esters is 1. The fourth-order valence-electron chi connectivity index (χ4n) is 1.94. The van der Waals surface area contributed by atoms with Crippen molar-refractivity contribution in [3.8, 4) is 0 Å². The number of hydrogen-bond acceptors (Lipinski definition) is 4. The number of nitrogens with one attached hydrogen (secondary N) is 1. The van der Waals surface area contributed by atoms with E-state index in [9.17, 15) is 9.59 Å². The zero-order valence-electron chi connectivity index (χ0n) is 12.4. The van der Waals surface area contributed by atoms with Gasteiger partial charge in [0.1, 0.15) is 5.00 Å². The summed E-state index contributed by atoms with van der Waals surface area (Å²) in [6.45, 7) is 5.72. The van der Waals surface area contributed by atoms with Gasteiger partial charge in [-0.05, 0) is 38.5 Å². The van der Waals surface area contributed by atoms with E-state index in [4.69, 9.17) is 4.74 Å². The highest BCUT2D eigenvalue weighted by atomic mass is 32.1. The monoisotopic (exact) mass is 303 g/mol. The lowest BCUT2D eigenvalue weighted by Gasteiger charge is -2.06. The normalized spacial score (nSPS) is 10.3. The molecule has 1 aromatic heterocycles. The standard InChI is InChI=1S/C16H17NO3S/c1-9-5-7-12(8-6-9)14(18)17-15-13(16(19)20-4)10(2)11(3)21-15/h5-8H,1-4H3,(H,17,18). The molecule has 0 unspecified atom stereocenters. The number of methoxy groups -OCH3 is 1. The lowest BCUT2D eigenvalue weighted by molar-refractivity contribution is 0.0601. The minimum absolute atomic E-state index is 0.235. The number of amides is 1. The highest BCUT2D eigenvalue weighted by Gasteiger charge is 2.21. The summed E-state index contributed by atoms with van der Waals surface area (Å²) in [5, 5.41) is 3.33. The topological polar surface area (TPSA) is 55.4 Å². The summed E-state index contributed by atoms with van der Waals surface area (Å²) in [5.74, 6) is -0.669. The van der Waals surface area contributed by atoms with Crippen molar-refractivity contribution < 1.29 is 14.3 Å². The van der Waals surface area contributed by atoms with Crippen molar-refractivity contribution >= 4 is 28.2 Å². The van der Waals surface area contributed by atoms with Crippen LogP contribution in [0, 0.1) is 20.8 Å². The number of thiophene rings is 1. The Balaban J connectivity index is 2.31. The van der Waals surface area contributed by atoms with Crippen molar-refractivity contribution in [1.82, 2.24) is 0 Å². The average molecular weight is 303 g/mol. The molecule has 21 heavy (non-hydrogen) atoms. The molecular formula is C16H17NO3S. The largest absolute Gasteiger partial charge is 0.465 e. The van der Waals surface area contributed by atoms with E-state index >= 15 is 0 Å². The smallest absolute Gasteiger partial charge is 0.341 e. The number of aryl methyl sites for hydroxylation is 2. The van der Waals surface area contributed by atoms with Gasteiger partial charge in [0.15, 0.2) is 0 Å². The maximum atomic E-state index is 12.3. The van der Waals surface area contributed by atoms with Crippen LogP contribution in [0.3, 0.4) is 0 Å². The number of benzene rings is 1. The Morgan fingerprint density at radius 2 is 1.71 bits per heavy atom. The van der Waals surface area contributed by atoms with Gasteiger partial charge in [-0.3, -0.25) is 4.79 Å². The Hall–Kier alpha value is -2.14. The minimum Gasteiger partial charge on any atom is -0.465 e. The van der Waals surface area contributed by atoms with Crippen molar-refractivity contribution in [3.63, 3.8) is 0 Å². The van der Waals surface area contributed by atoms with E-state index in [1.807, 2.05) is 32.9 Å². The van der Waals surface area contributed by atoms with E-state index in [1.165, 1.54) is 18.4 Å². The third-order valence-corrected chi connectivity index (χ3v) is 4.44.